The van der Waals surface area contributed by atoms with Crippen molar-refractivity contribution in [1.82, 2.24) is 5.16 Å². The van der Waals surface area contributed by atoms with E-state index in [-0.39, 0.29) is 0 Å². The number of nitrogens with two attached hydrogens (primary N) is 1. The SMILES string of the molecule is C#CCc1c(OCCN)noc1-c1ccccc1. The van der Waals surface area contributed by atoms with E-state index in [0.717, 1.165) is 11.1 Å². The van der Waals surface area contributed by atoms with Gasteiger partial charge in [-0.3, -0.25) is 0 Å². The molecule has 0 bridgehead atoms. The summed E-state index contributed by atoms with van der Waals surface area (Å²) in [5, 5.41) is 3.90. The third-order valence-electron chi connectivity index (χ3n) is 2.42. The highest BCUT2D eigenvalue weighted by atomic mass is 16.5. The lowest BCUT2D eigenvalue weighted by Gasteiger charge is -2.02. The number of ether oxygens (including phenoxy) is 1. The maximum atomic E-state index is 5.42. The van der Waals surface area contributed by atoms with Crippen molar-refractivity contribution in [3.63, 3.8) is 0 Å². The van der Waals surface area contributed by atoms with Crippen molar-refractivity contribution in [2.75, 3.05) is 13.2 Å². The lowest BCUT2D eigenvalue weighted by molar-refractivity contribution is 0.287. The smallest absolute Gasteiger partial charge is 0.259 e. The van der Waals surface area contributed by atoms with Crippen LogP contribution in [0.2, 0.25) is 0 Å². The molecule has 4 heteroatoms. The summed E-state index contributed by atoms with van der Waals surface area (Å²) in [6, 6.07) is 9.67. The average molecular weight is 242 g/mol. The summed E-state index contributed by atoms with van der Waals surface area (Å²) >= 11 is 0. The first-order valence-corrected chi connectivity index (χ1v) is 5.67. The summed E-state index contributed by atoms with van der Waals surface area (Å²) in [5.74, 6) is 3.67. The van der Waals surface area contributed by atoms with Crippen LogP contribution in [0.5, 0.6) is 5.88 Å². The van der Waals surface area contributed by atoms with E-state index in [1.165, 1.54) is 0 Å². The monoisotopic (exact) mass is 242 g/mol. The number of hydrogen-bond acceptors (Lipinski definition) is 4. The molecule has 0 saturated heterocycles. The van der Waals surface area contributed by atoms with Crippen molar-refractivity contribution in [2.24, 2.45) is 5.73 Å². The van der Waals surface area contributed by atoms with E-state index in [4.69, 9.17) is 21.4 Å². The van der Waals surface area contributed by atoms with Gasteiger partial charge in [-0.1, -0.05) is 30.3 Å². The maximum Gasteiger partial charge on any atom is 0.259 e. The van der Waals surface area contributed by atoms with E-state index >= 15 is 0 Å². The molecule has 0 fully saturated rings. The predicted molar refractivity (Wildman–Crippen MR) is 69.0 cm³/mol. The van der Waals surface area contributed by atoms with E-state index in [0.29, 0.717) is 31.2 Å². The van der Waals surface area contributed by atoms with Gasteiger partial charge in [0, 0.05) is 18.5 Å². The van der Waals surface area contributed by atoms with Crippen molar-refractivity contribution < 1.29 is 9.26 Å². The van der Waals surface area contributed by atoms with E-state index in [2.05, 4.69) is 11.1 Å². The van der Waals surface area contributed by atoms with Gasteiger partial charge in [-0.05, 0) is 5.16 Å². The molecule has 0 atom stereocenters. The highest BCUT2D eigenvalue weighted by Gasteiger charge is 2.17. The summed E-state index contributed by atoms with van der Waals surface area (Å²) in [7, 11) is 0. The Morgan fingerprint density at radius 2 is 2.11 bits per heavy atom. The minimum absolute atomic E-state index is 0.387. The fourth-order valence-electron chi connectivity index (χ4n) is 1.64. The third kappa shape index (κ3) is 2.53. The zero-order chi connectivity index (χ0) is 12.8. The molecular formula is C14H14N2O2. The topological polar surface area (TPSA) is 61.3 Å². The number of aromatic nitrogens is 1. The molecule has 18 heavy (non-hydrogen) atoms. The minimum atomic E-state index is 0.387. The van der Waals surface area contributed by atoms with Gasteiger partial charge in [-0.2, -0.15) is 0 Å². The number of terminal acetylenes is 1. The molecule has 92 valence electrons. The average Bonchev–Trinajstić information content (AvgIpc) is 2.81. The summed E-state index contributed by atoms with van der Waals surface area (Å²) in [6.07, 6.45) is 5.77. The summed E-state index contributed by atoms with van der Waals surface area (Å²) in [5.41, 5.74) is 7.11. The second-order valence-corrected chi connectivity index (χ2v) is 3.68. The molecule has 1 aromatic heterocycles. The second kappa shape index (κ2) is 5.89. The molecule has 0 aliphatic heterocycles. The van der Waals surface area contributed by atoms with Crippen molar-refractivity contribution in [3.8, 4) is 29.5 Å². The molecule has 0 saturated carbocycles. The highest BCUT2D eigenvalue weighted by Crippen LogP contribution is 2.30. The molecule has 0 unspecified atom stereocenters. The Balaban J connectivity index is 2.36. The van der Waals surface area contributed by atoms with Crippen LogP contribution >= 0.6 is 0 Å². The molecule has 1 heterocycles. The van der Waals surface area contributed by atoms with Gasteiger partial charge in [-0.25, -0.2) is 0 Å². The van der Waals surface area contributed by atoms with Gasteiger partial charge in [0.15, 0.2) is 5.76 Å². The summed E-state index contributed by atoms with van der Waals surface area (Å²) < 4.78 is 10.7. The fraction of sp³-hybridized carbons (Fsp3) is 0.214. The fourth-order valence-corrected chi connectivity index (χ4v) is 1.64. The van der Waals surface area contributed by atoms with Crippen LogP contribution in [0.4, 0.5) is 0 Å². The van der Waals surface area contributed by atoms with Gasteiger partial charge in [-0.15, -0.1) is 12.3 Å². The van der Waals surface area contributed by atoms with Crippen LogP contribution < -0.4 is 10.5 Å². The third-order valence-corrected chi connectivity index (χ3v) is 2.42. The molecule has 2 N–H and O–H groups in total. The summed E-state index contributed by atoms with van der Waals surface area (Å²) in [4.78, 5) is 0. The molecule has 0 spiro atoms. The number of rotatable bonds is 5. The van der Waals surface area contributed by atoms with Gasteiger partial charge in [0.05, 0.1) is 5.56 Å². The van der Waals surface area contributed by atoms with Crippen molar-refractivity contribution in [3.05, 3.63) is 35.9 Å². The predicted octanol–water partition coefficient (Wildman–Crippen LogP) is 1.85. The van der Waals surface area contributed by atoms with Crippen LogP contribution in [0.1, 0.15) is 5.56 Å². The van der Waals surface area contributed by atoms with E-state index in [1.807, 2.05) is 30.3 Å². The van der Waals surface area contributed by atoms with Gasteiger partial charge < -0.3 is 15.0 Å². The number of nitrogens with zero attached hydrogens (tertiary/aromatic N) is 1. The first-order valence-electron chi connectivity index (χ1n) is 5.67. The lowest BCUT2D eigenvalue weighted by Crippen LogP contribution is -2.11. The van der Waals surface area contributed by atoms with E-state index < -0.39 is 0 Å². The quantitative estimate of drug-likeness (QED) is 0.813. The van der Waals surface area contributed by atoms with E-state index in [1.54, 1.807) is 0 Å². The first-order chi connectivity index (χ1) is 8.86. The molecule has 0 aliphatic carbocycles. The summed E-state index contributed by atoms with van der Waals surface area (Å²) in [6.45, 7) is 0.807. The van der Waals surface area contributed by atoms with Crippen LogP contribution in [0, 0.1) is 12.3 Å². The van der Waals surface area contributed by atoms with Crippen LogP contribution in [-0.4, -0.2) is 18.3 Å². The molecule has 0 radical (unpaired) electrons. The van der Waals surface area contributed by atoms with Crippen LogP contribution in [-0.2, 0) is 6.42 Å². The largest absolute Gasteiger partial charge is 0.474 e. The van der Waals surface area contributed by atoms with Gasteiger partial charge in [0.25, 0.3) is 5.88 Å². The first kappa shape index (κ1) is 12.2. The standard InChI is InChI=1S/C14H14N2O2/c1-2-6-12-13(11-7-4-3-5-8-11)18-16-14(12)17-10-9-15/h1,3-5,7-8H,6,9-10,15H2. The van der Waals surface area contributed by atoms with Crippen LogP contribution in [0.3, 0.4) is 0 Å². The van der Waals surface area contributed by atoms with Gasteiger partial charge in [0.1, 0.15) is 6.61 Å². The van der Waals surface area contributed by atoms with Crippen molar-refractivity contribution in [1.29, 1.82) is 0 Å². The van der Waals surface area contributed by atoms with Gasteiger partial charge in [0.2, 0.25) is 0 Å². The Bertz CT molecular complexity index is 541. The Morgan fingerprint density at radius 1 is 1.33 bits per heavy atom. The Kier molecular flexibility index (Phi) is 4.00. The molecule has 1 aromatic carbocycles. The number of benzene rings is 1. The second-order valence-electron chi connectivity index (χ2n) is 3.68. The van der Waals surface area contributed by atoms with Gasteiger partial charge >= 0.3 is 0 Å². The zero-order valence-electron chi connectivity index (χ0n) is 9.93. The van der Waals surface area contributed by atoms with E-state index in [9.17, 15) is 0 Å². The molecule has 4 nitrogen and oxygen atoms in total. The molecular weight excluding hydrogens is 228 g/mol. The zero-order valence-corrected chi connectivity index (χ0v) is 9.93. The van der Waals surface area contributed by atoms with Crippen molar-refractivity contribution in [2.45, 2.75) is 6.42 Å². The lowest BCUT2D eigenvalue weighted by atomic mass is 10.1. The highest BCUT2D eigenvalue weighted by molar-refractivity contribution is 5.63. The Labute approximate surface area is 106 Å². The minimum Gasteiger partial charge on any atom is -0.474 e. The van der Waals surface area contributed by atoms with Crippen molar-refractivity contribution >= 4 is 0 Å². The molecule has 2 rings (SSSR count). The Hall–Kier alpha value is -2.25. The molecule has 2 aromatic rings. The van der Waals surface area contributed by atoms with Crippen LogP contribution in [0.25, 0.3) is 11.3 Å². The molecule has 0 aliphatic rings. The normalized spacial score (nSPS) is 10.0. The molecule has 0 amide bonds. The maximum absolute atomic E-state index is 5.42. The Morgan fingerprint density at radius 3 is 2.78 bits per heavy atom. The number of hydrogen-bond donors (Lipinski definition) is 1. The van der Waals surface area contributed by atoms with Crippen LogP contribution in [0.15, 0.2) is 34.9 Å².